The van der Waals surface area contributed by atoms with Crippen LogP contribution in [0.4, 0.5) is 17.1 Å². The van der Waals surface area contributed by atoms with E-state index in [0.29, 0.717) is 5.92 Å². The topological polar surface area (TPSA) is 51.5 Å². The summed E-state index contributed by atoms with van der Waals surface area (Å²) >= 11 is 0. The maximum atomic E-state index is 5.35. The van der Waals surface area contributed by atoms with Gasteiger partial charge in [-0.05, 0) is 53.2 Å². The van der Waals surface area contributed by atoms with E-state index in [4.69, 9.17) is 4.74 Å². The number of fused-ring (bicyclic) bond motifs is 1. The first-order valence-corrected chi connectivity index (χ1v) is 17.5. The molecule has 5 heteroatoms. The molecular formula is C45H63N3OTi. The van der Waals surface area contributed by atoms with E-state index in [1.165, 1.54) is 38.9 Å². The third-order valence-corrected chi connectivity index (χ3v) is 6.81. The summed E-state index contributed by atoms with van der Waals surface area (Å²) in [5.41, 5.74) is 12.2. The Bertz CT molecular complexity index is 1410. The molecule has 0 N–H and O–H groups in total. The predicted octanol–water partition coefficient (Wildman–Crippen LogP) is 14.3. The molecule has 0 aliphatic carbocycles. The van der Waals surface area contributed by atoms with Gasteiger partial charge >= 0.3 is 21.7 Å². The number of hydrogen-bond acceptors (Lipinski definition) is 1. The van der Waals surface area contributed by atoms with Crippen molar-refractivity contribution in [1.82, 2.24) is 0 Å². The Morgan fingerprint density at radius 1 is 0.500 bits per heavy atom. The maximum absolute atomic E-state index is 5.35. The molecule has 0 bridgehead atoms. The summed E-state index contributed by atoms with van der Waals surface area (Å²) in [6, 6.07) is 27.3. The Morgan fingerprint density at radius 3 is 1.04 bits per heavy atom. The number of aryl methyl sites for hydroxylation is 6. The Morgan fingerprint density at radius 2 is 0.780 bits per heavy atom. The zero-order chi connectivity index (χ0) is 37.2. The molecule has 0 fully saturated rings. The van der Waals surface area contributed by atoms with Crippen LogP contribution in [-0.2, 0) is 21.7 Å². The molecule has 1 heterocycles. The molecule has 1 atom stereocenters. The molecule has 0 saturated carbocycles. The number of rotatable bonds is 3. The molecule has 268 valence electrons. The van der Waals surface area contributed by atoms with E-state index in [9.17, 15) is 0 Å². The second-order valence-electron chi connectivity index (χ2n) is 16.4. The van der Waals surface area contributed by atoms with E-state index >= 15 is 0 Å². The number of nitrogens with zero attached hydrogens (tertiary/aromatic N) is 3. The van der Waals surface area contributed by atoms with Gasteiger partial charge in [0.2, 0.25) is 0 Å². The monoisotopic (exact) mass is 709 g/mol. The Labute approximate surface area is 321 Å². The van der Waals surface area contributed by atoms with Gasteiger partial charge in [0.15, 0.2) is 0 Å². The quantitative estimate of drug-likeness (QED) is 0.154. The van der Waals surface area contributed by atoms with Crippen LogP contribution in [0.3, 0.4) is 0 Å². The van der Waals surface area contributed by atoms with Crippen molar-refractivity contribution in [3.63, 3.8) is 0 Å². The van der Waals surface area contributed by atoms with Crippen molar-refractivity contribution in [2.24, 2.45) is 0 Å². The molecule has 5 rings (SSSR count). The van der Waals surface area contributed by atoms with E-state index in [2.05, 4.69) is 187 Å². The fraction of sp³-hybridized carbons (Fsp3) is 0.444. The smallest absolute Gasteiger partial charge is 0.680 e. The van der Waals surface area contributed by atoms with Crippen molar-refractivity contribution in [1.29, 1.82) is 0 Å². The number of para-hydroxylation sites is 1. The van der Waals surface area contributed by atoms with Crippen LogP contribution in [-0.4, -0.2) is 23.2 Å². The van der Waals surface area contributed by atoms with Gasteiger partial charge in [0.05, 0.1) is 6.61 Å². The summed E-state index contributed by atoms with van der Waals surface area (Å²) in [6.07, 6.45) is 0. The molecule has 0 spiro atoms. The van der Waals surface area contributed by atoms with Gasteiger partial charge in [-0.3, -0.25) is 0 Å². The molecule has 4 aromatic rings. The zero-order valence-electron chi connectivity index (χ0n) is 33.7. The van der Waals surface area contributed by atoms with Crippen LogP contribution in [0.15, 0.2) is 78.9 Å². The molecule has 1 aliphatic heterocycles. The van der Waals surface area contributed by atoms with E-state index in [-0.39, 0.29) is 38.3 Å². The van der Waals surface area contributed by atoms with Gasteiger partial charge in [0.25, 0.3) is 0 Å². The zero-order valence-corrected chi connectivity index (χ0v) is 35.3. The van der Waals surface area contributed by atoms with Crippen LogP contribution in [0.5, 0.6) is 5.75 Å². The summed E-state index contributed by atoms with van der Waals surface area (Å²) < 4.78 is 5.35. The van der Waals surface area contributed by atoms with Crippen LogP contribution in [0.2, 0.25) is 0 Å². The van der Waals surface area contributed by atoms with Gasteiger partial charge < -0.3 is 27.6 Å². The number of hydrogen-bond donors (Lipinski definition) is 0. The first-order valence-electron chi connectivity index (χ1n) is 17.5. The molecule has 0 amide bonds. The van der Waals surface area contributed by atoms with Crippen molar-refractivity contribution in [2.45, 2.75) is 126 Å². The molecular weight excluding hydrogens is 646 g/mol. The number of ether oxygens (including phenoxy) is 1. The van der Waals surface area contributed by atoms with Crippen LogP contribution >= 0.6 is 0 Å². The van der Waals surface area contributed by atoms with Gasteiger partial charge in [-0.2, -0.15) is 0 Å². The van der Waals surface area contributed by atoms with Crippen LogP contribution < -0.4 is 4.74 Å². The Balaban J connectivity index is 0.000000332. The van der Waals surface area contributed by atoms with E-state index in [0.717, 1.165) is 29.4 Å². The standard InChI is InChI=1S/3C12H18N.C9H9O.Ti/c3*1-9-6-10(2)8-11(7-9)13-12(3,4)5;1-7-6-10-9-5-3-2-4-8(7)9;/h3*6-8H,1-5H3;2-5,7H,1,6H2;/q4*-1;+4. The van der Waals surface area contributed by atoms with Crippen molar-refractivity contribution >= 4 is 17.1 Å². The summed E-state index contributed by atoms with van der Waals surface area (Å²) in [7, 11) is 0. The fourth-order valence-electron chi connectivity index (χ4n) is 5.44. The largest absolute Gasteiger partial charge is 4.00 e. The second-order valence-corrected chi connectivity index (χ2v) is 16.4. The second kappa shape index (κ2) is 19.4. The first-order chi connectivity index (χ1) is 22.5. The summed E-state index contributed by atoms with van der Waals surface area (Å²) in [6.45, 7) is 36.4. The summed E-state index contributed by atoms with van der Waals surface area (Å²) in [4.78, 5) is 0. The van der Waals surface area contributed by atoms with Gasteiger partial charge in [-0.1, -0.05) is 168 Å². The molecule has 0 radical (unpaired) electrons. The van der Waals surface area contributed by atoms with Gasteiger partial charge in [-0.25, -0.2) is 0 Å². The van der Waals surface area contributed by atoms with E-state index < -0.39 is 0 Å². The third kappa shape index (κ3) is 18.7. The third-order valence-electron chi connectivity index (χ3n) is 6.81. The number of benzene rings is 4. The van der Waals surface area contributed by atoms with Crippen molar-refractivity contribution in [3.8, 4) is 5.75 Å². The normalized spacial score (nSPS) is 13.3. The summed E-state index contributed by atoms with van der Waals surface area (Å²) in [5.74, 6) is 1.33. The van der Waals surface area contributed by atoms with Crippen molar-refractivity contribution in [2.75, 3.05) is 6.61 Å². The minimum Gasteiger partial charge on any atom is -0.680 e. The maximum Gasteiger partial charge on any atom is 4.00 e. The van der Waals surface area contributed by atoms with E-state index in [1.54, 1.807) is 0 Å². The molecule has 50 heavy (non-hydrogen) atoms. The minimum absolute atomic E-state index is 0. The SMILES string of the molecule is Cc1cc(C)cc([N-]C(C)(C)C)c1.Cc1cc(C)cc([N-]C(C)(C)C)c1.Cc1cc(C)cc([N-]C(C)(C)C)c1.[CH2-]C1COc2ccccc21.[Ti+4]. The minimum atomic E-state index is 0. The Hall–Kier alpha value is -3.21. The van der Waals surface area contributed by atoms with Crippen LogP contribution in [0.1, 0.15) is 107 Å². The van der Waals surface area contributed by atoms with Crippen LogP contribution in [0, 0.1) is 48.5 Å². The molecule has 1 unspecified atom stereocenters. The van der Waals surface area contributed by atoms with Crippen molar-refractivity contribution in [3.05, 3.63) is 141 Å². The molecule has 4 aromatic carbocycles. The molecule has 1 aliphatic rings. The first kappa shape index (κ1) is 44.8. The van der Waals surface area contributed by atoms with Gasteiger partial charge in [-0.15, -0.1) is 39.6 Å². The van der Waals surface area contributed by atoms with Crippen LogP contribution in [0.25, 0.3) is 16.0 Å². The summed E-state index contributed by atoms with van der Waals surface area (Å²) in [5, 5.41) is 13.8. The molecule has 4 nitrogen and oxygen atoms in total. The average Bonchev–Trinajstić information content (AvgIpc) is 3.26. The van der Waals surface area contributed by atoms with Crippen molar-refractivity contribution < 1.29 is 26.5 Å². The average molecular weight is 710 g/mol. The predicted molar refractivity (Wildman–Crippen MR) is 216 cm³/mol. The Kier molecular flexibility index (Phi) is 17.4. The molecule has 0 aromatic heterocycles. The van der Waals surface area contributed by atoms with Gasteiger partial charge in [0, 0.05) is 0 Å². The fourth-order valence-corrected chi connectivity index (χ4v) is 5.44. The van der Waals surface area contributed by atoms with Gasteiger partial charge in [0.1, 0.15) is 5.75 Å². The molecule has 0 saturated heterocycles. The van der Waals surface area contributed by atoms with E-state index in [1.807, 2.05) is 18.2 Å².